The van der Waals surface area contributed by atoms with Crippen LogP contribution >= 0.6 is 0 Å². The molecule has 14 heavy (non-hydrogen) atoms. The topological polar surface area (TPSA) is 17.1 Å². The molecule has 0 saturated heterocycles. The maximum atomic E-state index is 10.9. The van der Waals surface area contributed by atoms with E-state index >= 15 is 0 Å². The zero-order chi connectivity index (χ0) is 10.4. The quantitative estimate of drug-likeness (QED) is 0.492. The highest BCUT2D eigenvalue weighted by atomic mass is 16.1. The second kappa shape index (κ2) is 6.00. The largest absolute Gasteiger partial charge is 0.303 e. The molecule has 2 atom stereocenters. The van der Waals surface area contributed by atoms with Gasteiger partial charge in [0.05, 0.1) is 0 Å². The van der Waals surface area contributed by atoms with E-state index in [0.29, 0.717) is 11.8 Å². The van der Waals surface area contributed by atoms with E-state index in [1.165, 1.54) is 37.5 Å². The summed E-state index contributed by atoms with van der Waals surface area (Å²) in [6, 6.07) is 0. The van der Waals surface area contributed by atoms with Gasteiger partial charge in [-0.1, -0.05) is 24.5 Å². The zero-order valence-electron chi connectivity index (χ0n) is 9.46. The molecular weight excluding hydrogens is 172 g/mol. The normalized spacial score (nSPS) is 27.0. The summed E-state index contributed by atoms with van der Waals surface area (Å²) in [6.45, 7) is 4.27. The Morgan fingerprint density at radius 2 is 2.00 bits per heavy atom. The molecule has 0 aromatic rings. The maximum Gasteiger partial charge on any atom is 0.123 e. The fourth-order valence-electron chi connectivity index (χ4n) is 2.36. The summed E-state index contributed by atoms with van der Waals surface area (Å²) in [4.78, 5) is 10.9. The first kappa shape index (κ1) is 11.5. The number of aldehydes is 1. The molecule has 0 N–H and O–H groups in total. The lowest BCUT2D eigenvalue weighted by Crippen LogP contribution is -2.20. The lowest BCUT2D eigenvalue weighted by Gasteiger charge is -2.27. The zero-order valence-corrected chi connectivity index (χ0v) is 9.46. The van der Waals surface area contributed by atoms with E-state index in [1.807, 2.05) is 0 Å². The van der Waals surface area contributed by atoms with Crippen LogP contribution in [0.25, 0.3) is 0 Å². The molecule has 0 aromatic carbocycles. The van der Waals surface area contributed by atoms with Gasteiger partial charge in [0.15, 0.2) is 0 Å². The van der Waals surface area contributed by atoms with Crippen LogP contribution in [0.15, 0.2) is 11.6 Å². The van der Waals surface area contributed by atoms with Crippen LogP contribution < -0.4 is 0 Å². The summed E-state index contributed by atoms with van der Waals surface area (Å²) in [6.07, 6.45) is 10.8. The summed E-state index contributed by atoms with van der Waals surface area (Å²) >= 11 is 0. The molecule has 1 aliphatic rings. The first-order valence-electron chi connectivity index (χ1n) is 5.82. The van der Waals surface area contributed by atoms with Crippen molar-refractivity contribution in [3.8, 4) is 0 Å². The van der Waals surface area contributed by atoms with E-state index in [0.717, 1.165) is 12.8 Å². The minimum absolute atomic E-state index is 0.356. The van der Waals surface area contributed by atoms with Crippen molar-refractivity contribution in [2.75, 3.05) is 0 Å². The van der Waals surface area contributed by atoms with Gasteiger partial charge in [-0.25, -0.2) is 0 Å². The van der Waals surface area contributed by atoms with Gasteiger partial charge in [0.1, 0.15) is 6.29 Å². The second-order valence-electron chi connectivity index (χ2n) is 4.70. The van der Waals surface area contributed by atoms with Gasteiger partial charge in [0.25, 0.3) is 0 Å². The fourth-order valence-corrected chi connectivity index (χ4v) is 2.36. The van der Waals surface area contributed by atoms with Crippen LogP contribution in [-0.2, 0) is 4.79 Å². The van der Waals surface area contributed by atoms with Gasteiger partial charge in [-0.15, -0.1) is 0 Å². The van der Waals surface area contributed by atoms with Crippen molar-refractivity contribution in [1.82, 2.24) is 0 Å². The highest BCUT2D eigenvalue weighted by Gasteiger charge is 2.23. The Morgan fingerprint density at radius 3 is 2.64 bits per heavy atom. The molecule has 2 unspecified atom stereocenters. The van der Waals surface area contributed by atoms with Crippen molar-refractivity contribution in [2.24, 2.45) is 11.8 Å². The van der Waals surface area contributed by atoms with Gasteiger partial charge in [0, 0.05) is 5.92 Å². The lowest BCUT2D eigenvalue weighted by atomic mass is 9.78. The Bertz CT molecular complexity index is 201. The molecule has 0 heterocycles. The van der Waals surface area contributed by atoms with Crippen molar-refractivity contribution in [1.29, 1.82) is 0 Å². The minimum atomic E-state index is 0.356. The van der Waals surface area contributed by atoms with Gasteiger partial charge in [-0.2, -0.15) is 0 Å². The predicted molar refractivity (Wildman–Crippen MR) is 60.2 cm³/mol. The number of hydrogen-bond acceptors (Lipinski definition) is 1. The molecule has 0 radical (unpaired) electrons. The van der Waals surface area contributed by atoms with Crippen LogP contribution in [0, 0.1) is 11.8 Å². The Kier molecular flexibility index (Phi) is 4.92. The van der Waals surface area contributed by atoms with Gasteiger partial charge < -0.3 is 4.79 Å². The van der Waals surface area contributed by atoms with Crippen LogP contribution in [-0.4, -0.2) is 6.29 Å². The molecule has 0 bridgehead atoms. The van der Waals surface area contributed by atoms with Crippen LogP contribution in [0.2, 0.25) is 0 Å². The Balaban J connectivity index is 2.33. The van der Waals surface area contributed by atoms with Crippen molar-refractivity contribution in [2.45, 2.75) is 52.4 Å². The average Bonchev–Trinajstić information content (AvgIpc) is 2.18. The summed E-state index contributed by atoms with van der Waals surface area (Å²) in [5, 5.41) is 0. The van der Waals surface area contributed by atoms with Gasteiger partial charge >= 0.3 is 0 Å². The summed E-state index contributed by atoms with van der Waals surface area (Å²) in [5.74, 6) is 1.02. The van der Waals surface area contributed by atoms with Crippen LogP contribution in [0.1, 0.15) is 52.4 Å². The maximum absolute atomic E-state index is 10.9. The van der Waals surface area contributed by atoms with E-state index in [-0.39, 0.29) is 0 Å². The average molecular weight is 194 g/mol. The van der Waals surface area contributed by atoms with Gasteiger partial charge in [0.2, 0.25) is 0 Å². The molecule has 0 aromatic heterocycles. The van der Waals surface area contributed by atoms with Crippen molar-refractivity contribution < 1.29 is 4.79 Å². The van der Waals surface area contributed by atoms with E-state index in [4.69, 9.17) is 0 Å². The number of rotatable bonds is 4. The van der Waals surface area contributed by atoms with E-state index in [9.17, 15) is 4.79 Å². The molecule has 1 heteroatoms. The number of carbonyl (C=O) groups is 1. The van der Waals surface area contributed by atoms with Gasteiger partial charge in [-0.3, -0.25) is 0 Å². The summed E-state index contributed by atoms with van der Waals surface area (Å²) < 4.78 is 0. The second-order valence-corrected chi connectivity index (χ2v) is 4.70. The standard InChI is InChI=1S/C13H22O/c1-11(2)6-5-9-12-7-3-4-8-13(12)10-14/h6,10,12-13H,3-5,7-9H2,1-2H3. The molecule has 1 saturated carbocycles. The van der Waals surface area contributed by atoms with E-state index < -0.39 is 0 Å². The molecule has 0 spiro atoms. The van der Waals surface area contributed by atoms with Crippen molar-refractivity contribution in [3.05, 3.63) is 11.6 Å². The number of allylic oxidation sites excluding steroid dienone is 2. The molecule has 0 amide bonds. The highest BCUT2D eigenvalue weighted by Crippen LogP contribution is 2.31. The van der Waals surface area contributed by atoms with E-state index in [1.54, 1.807) is 0 Å². The molecular formula is C13H22O. The highest BCUT2D eigenvalue weighted by molar-refractivity contribution is 5.54. The molecule has 0 aliphatic heterocycles. The van der Waals surface area contributed by atoms with Crippen molar-refractivity contribution >= 4 is 6.29 Å². The number of carbonyl (C=O) groups excluding carboxylic acids is 1. The Labute approximate surface area is 87.6 Å². The Morgan fingerprint density at radius 1 is 1.29 bits per heavy atom. The number of hydrogen-bond donors (Lipinski definition) is 0. The van der Waals surface area contributed by atoms with Crippen LogP contribution in [0.4, 0.5) is 0 Å². The summed E-state index contributed by atoms with van der Waals surface area (Å²) in [5.41, 5.74) is 1.39. The molecule has 1 nitrogen and oxygen atoms in total. The monoisotopic (exact) mass is 194 g/mol. The summed E-state index contributed by atoms with van der Waals surface area (Å²) in [7, 11) is 0. The SMILES string of the molecule is CC(C)=CCCC1CCCCC1C=O. The predicted octanol–water partition coefficient (Wildman–Crippen LogP) is 3.74. The van der Waals surface area contributed by atoms with Crippen LogP contribution in [0.3, 0.4) is 0 Å². The minimum Gasteiger partial charge on any atom is -0.303 e. The Hall–Kier alpha value is -0.590. The molecule has 1 aliphatic carbocycles. The first-order chi connectivity index (χ1) is 6.74. The lowest BCUT2D eigenvalue weighted by molar-refractivity contribution is -0.113. The van der Waals surface area contributed by atoms with Crippen molar-refractivity contribution in [3.63, 3.8) is 0 Å². The fraction of sp³-hybridized carbons (Fsp3) is 0.769. The first-order valence-corrected chi connectivity index (χ1v) is 5.82. The molecule has 1 rings (SSSR count). The molecule has 80 valence electrons. The third-order valence-electron chi connectivity index (χ3n) is 3.23. The van der Waals surface area contributed by atoms with Crippen LogP contribution in [0.5, 0.6) is 0 Å². The van der Waals surface area contributed by atoms with E-state index in [2.05, 4.69) is 19.9 Å². The smallest absolute Gasteiger partial charge is 0.123 e. The third-order valence-corrected chi connectivity index (χ3v) is 3.23. The third kappa shape index (κ3) is 3.65. The molecule has 1 fully saturated rings. The van der Waals surface area contributed by atoms with Gasteiger partial charge in [-0.05, 0) is 45.4 Å².